The van der Waals surface area contributed by atoms with Crippen LogP contribution in [0.3, 0.4) is 0 Å². The lowest BCUT2D eigenvalue weighted by atomic mass is 10.00. The Labute approximate surface area is 419 Å². The molecule has 0 aliphatic carbocycles. The molecule has 6 atom stereocenters. The minimum Gasteiger partial charge on any atom is -0.462 e. The molecular formula is C56H98O12S. The van der Waals surface area contributed by atoms with Gasteiger partial charge in [0.25, 0.3) is 10.1 Å². The second-order valence-electron chi connectivity index (χ2n) is 18.9. The fourth-order valence-electron chi connectivity index (χ4n) is 8.18. The van der Waals surface area contributed by atoms with E-state index < -0.39 is 71.2 Å². The normalized spacial score (nSPS) is 19.5. The number of esters is 2. The summed E-state index contributed by atoms with van der Waals surface area (Å²) in [5.74, 6) is -2.02. The van der Waals surface area contributed by atoms with Gasteiger partial charge in [0, 0.05) is 12.8 Å². The maximum absolute atomic E-state index is 12.9. The molecule has 1 saturated heterocycles. The SMILES string of the molecule is CC/C=C\C/C=C\C/C=C\C/C=C\C/C=C\CCCCCC(=O)OC(COC(=O)CCCCCCCCCCCCCCCCCCCCCCCC)COC1OC(CS(=O)(=O)O)C(O)C(O)C1O. The van der Waals surface area contributed by atoms with Crippen LogP contribution in [0, 0.1) is 0 Å². The predicted octanol–water partition coefficient (Wildman–Crippen LogP) is 12.8. The van der Waals surface area contributed by atoms with E-state index in [9.17, 15) is 37.9 Å². The molecule has 1 aliphatic heterocycles. The molecule has 0 radical (unpaired) electrons. The number of aliphatic hydroxyl groups is 3. The number of carbonyl (C=O) groups is 2. The minimum atomic E-state index is -4.61. The Kier molecular flexibility index (Phi) is 42.2. The maximum atomic E-state index is 12.9. The van der Waals surface area contributed by atoms with E-state index in [1.165, 1.54) is 116 Å². The van der Waals surface area contributed by atoms with Crippen LogP contribution in [0.15, 0.2) is 60.8 Å². The van der Waals surface area contributed by atoms with E-state index in [2.05, 4.69) is 74.6 Å². The average molecular weight is 995 g/mol. The van der Waals surface area contributed by atoms with Crippen molar-refractivity contribution in [3.8, 4) is 0 Å². The van der Waals surface area contributed by atoms with E-state index in [-0.39, 0.29) is 19.4 Å². The Hall–Kier alpha value is -2.65. The lowest BCUT2D eigenvalue weighted by Gasteiger charge is -2.40. The van der Waals surface area contributed by atoms with Crippen LogP contribution in [0.1, 0.15) is 226 Å². The Bertz CT molecular complexity index is 1490. The summed E-state index contributed by atoms with van der Waals surface area (Å²) in [4.78, 5) is 25.6. The Morgan fingerprint density at radius 2 is 0.913 bits per heavy atom. The van der Waals surface area contributed by atoms with Gasteiger partial charge in [-0.1, -0.05) is 216 Å². The molecule has 0 aromatic rings. The van der Waals surface area contributed by atoms with Gasteiger partial charge in [-0.3, -0.25) is 14.1 Å². The fraction of sp³-hybridized carbons (Fsp3) is 0.786. The Balaban J connectivity index is 2.35. The number of ether oxygens (including phenoxy) is 4. The van der Waals surface area contributed by atoms with E-state index in [1.54, 1.807) is 0 Å². The third-order valence-corrected chi connectivity index (χ3v) is 13.1. The highest BCUT2D eigenvalue weighted by Gasteiger charge is 2.46. The van der Waals surface area contributed by atoms with Gasteiger partial charge in [0.1, 0.15) is 36.8 Å². The van der Waals surface area contributed by atoms with Crippen molar-refractivity contribution in [2.45, 2.75) is 263 Å². The highest BCUT2D eigenvalue weighted by atomic mass is 32.2. The van der Waals surface area contributed by atoms with E-state index in [0.29, 0.717) is 12.8 Å². The number of unbranched alkanes of at least 4 members (excludes halogenated alkanes) is 24. The Morgan fingerprint density at radius 1 is 0.507 bits per heavy atom. The lowest BCUT2D eigenvalue weighted by Crippen LogP contribution is -2.60. The molecule has 1 aliphatic rings. The van der Waals surface area contributed by atoms with E-state index in [1.807, 2.05) is 0 Å². The average Bonchev–Trinajstić information content (AvgIpc) is 3.32. The van der Waals surface area contributed by atoms with Gasteiger partial charge in [0.15, 0.2) is 12.4 Å². The molecule has 1 fully saturated rings. The van der Waals surface area contributed by atoms with Gasteiger partial charge in [-0.15, -0.1) is 0 Å². The van der Waals surface area contributed by atoms with E-state index >= 15 is 0 Å². The van der Waals surface area contributed by atoms with Gasteiger partial charge in [0.05, 0.1) is 6.61 Å². The van der Waals surface area contributed by atoms with Crippen LogP contribution in [0.5, 0.6) is 0 Å². The molecule has 4 N–H and O–H groups in total. The first-order valence-electron chi connectivity index (χ1n) is 27.3. The summed E-state index contributed by atoms with van der Waals surface area (Å²) in [6.45, 7) is 3.66. The zero-order valence-corrected chi connectivity index (χ0v) is 44.0. The third kappa shape index (κ3) is 39.6. The summed E-state index contributed by atoms with van der Waals surface area (Å²) >= 11 is 0. The summed E-state index contributed by atoms with van der Waals surface area (Å²) in [7, 11) is -4.61. The molecule has 0 aromatic heterocycles. The van der Waals surface area contributed by atoms with Crippen LogP contribution >= 0.6 is 0 Å². The van der Waals surface area contributed by atoms with Crippen LogP contribution in [-0.4, -0.2) is 96.0 Å². The van der Waals surface area contributed by atoms with Gasteiger partial charge in [-0.25, -0.2) is 0 Å². The second-order valence-corrected chi connectivity index (χ2v) is 20.4. The summed E-state index contributed by atoms with van der Waals surface area (Å²) in [6.07, 6.45) is 48.4. The van der Waals surface area contributed by atoms with E-state index in [4.69, 9.17) is 18.9 Å². The van der Waals surface area contributed by atoms with Gasteiger partial charge >= 0.3 is 11.9 Å². The van der Waals surface area contributed by atoms with Crippen LogP contribution in [0.4, 0.5) is 0 Å². The molecule has 12 nitrogen and oxygen atoms in total. The number of allylic oxidation sites excluding steroid dienone is 10. The summed E-state index contributed by atoms with van der Waals surface area (Å²) in [5.41, 5.74) is 0. The summed E-state index contributed by atoms with van der Waals surface area (Å²) in [6, 6.07) is 0. The lowest BCUT2D eigenvalue weighted by molar-refractivity contribution is -0.297. The van der Waals surface area contributed by atoms with Gasteiger partial charge in [-0.05, 0) is 57.8 Å². The molecule has 69 heavy (non-hydrogen) atoms. The molecule has 1 rings (SSSR count). The molecule has 0 bridgehead atoms. The van der Waals surface area contributed by atoms with Gasteiger partial charge in [0.2, 0.25) is 0 Å². The number of aliphatic hydroxyl groups excluding tert-OH is 3. The van der Waals surface area contributed by atoms with E-state index in [0.717, 1.165) is 70.6 Å². The number of rotatable bonds is 46. The molecule has 0 spiro atoms. The largest absolute Gasteiger partial charge is 0.462 e. The monoisotopic (exact) mass is 995 g/mol. The first-order valence-corrected chi connectivity index (χ1v) is 29.0. The van der Waals surface area contributed by atoms with Crippen molar-refractivity contribution in [1.29, 1.82) is 0 Å². The number of hydrogen-bond acceptors (Lipinski definition) is 11. The van der Waals surface area contributed by atoms with Crippen molar-refractivity contribution >= 4 is 22.1 Å². The molecule has 0 amide bonds. The summed E-state index contributed by atoms with van der Waals surface area (Å²) < 4.78 is 54.3. The predicted molar refractivity (Wildman–Crippen MR) is 279 cm³/mol. The third-order valence-electron chi connectivity index (χ3n) is 12.4. The van der Waals surface area contributed by atoms with Crippen LogP contribution in [0.25, 0.3) is 0 Å². The first-order chi connectivity index (χ1) is 33.5. The highest BCUT2D eigenvalue weighted by molar-refractivity contribution is 7.85. The standard InChI is InChI=1S/C56H98O12S/c1-3-5-7-9-11-13-15-17-19-21-23-24-25-27-28-30-32-34-36-38-40-42-44-51(57)65-46-49(47-66-56-55(61)54(60)53(59)50(68-56)48-69(62,63)64)67-52(58)45-43-41-39-37-35-33-31-29-26-22-20-18-16-14-12-10-8-6-4-2/h6,8,12,14,18,20,26,29,33,35,49-50,53-56,59-61H,3-5,7,9-11,13,15-17,19,21-25,27-28,30-32,34,36-48H2,1-2H3,(H,62,63,64)/b8-6-,14-12-,20-18-,29-26-,35-33-. The molecular weight excluding hydrogens is 897 g/mol. The highest BCUT2D eigenvalue weighted by Crippen LogP contribution is 2.24. The molecule has 13 heteroatoms. The van der Waals surface area contributed by atoms with Gasteiger partial charge < -0.3 is 34.3 Å². The maximum Gasteiger partial charge on any atom is 0.306 e. The molecule has 1 heterocycles. The van der Waals surface area contributed by atoms with Crippen LogP contribution < -0.4 is 0 Å². The topological polar surface area (TPSA) is 186 Å². The number of hydrogen-bond donors (Lipinski definition) is 4. The van der Waals surface area contributed by atoms with Crippen molar-refractivity contribution < 1.29 is 56.8 Å². The van der Waals surface area contributed by atoms with Crippen molar-refractivity contribution in [3.63, 3.8) is 0 Å². The quantitative estimate of drug-likeness (QED) is 0.0196. The second kappa shape index (κ2) is 45.2. The zero-order chi connectivity index (χ0) is 50.5. The van der Waals surface area contributed by atoms with Crippen molar-refractivity contribution in [2.75, 3.05) is 19.0 Å². The Morgan fingerprint density at radius 3 is 1.36 bits per heavy atom. The molecule has 0 aromatic carbocycles. The van der Waals surface area contributed by atoms with Crippen molar-refractivity contribution in [1.82, 2.24) is 0 Å². The number of carbonyl (C=O) groups excluding carboxylic acids is 2. The van der Waals surface area contributed by atoms with Crippen LogP contribution in [0.2, 0.25) is 0 Å². The summed E-state index contributed by atoms with van der Waals surface area (Å²) in [5, 5.41) is 31.0. The van der Waals surface area contributed by atoms with Crippen molar-refractivity contribution in [2.24, 2.45) is 0 Å². The molecule has 0 saturated carbocycles. The molecule has 400 valence electrons. The minimum absolute atomic E-state index is 0.124. The first kappa shape index (κ1) is 64.4. The zero-order valence-electron chi connectivity index (χ0n) is 43.2. The van der Waals surface area contributed by atoms with Crippen molar-refractivity contribution in [3.05, 3.63) is 60.8 Å². The smallest absolute Gasteiger partial charge is 0.306 e. The fourth-order valence-corrected chi connectivity index (χ4v) is 8.87. The molecule has 6 unspecified atom stereocenters. The van der Waals surface area contributed by atoms with Gasteiger partial charge in [-0.2, -0.15) is 8.42 Å². The van der Waals surface area contributed by atoms with Crippen LogP contribution in [-0.2, 0) is 38.7 Å².